The molecule has 0 bridgehead atoms. The van der Waals surface area contributed by atoms with Crippen molar-refractivity contribution in [3.05, 3.63) is 48.1 Å². The average molecular weight is 465 g/mol. The van der Waals surface area contributed by atoms with E-state index in [9.17, 15) is 5.11 Å². The van der Waals surface area contributed by atoms with E-state index in [1.165, 1.54) is 29.6 Å². The van der Waals surface area contributed by atoms with Gasteiger partial charge in [-0.1, -0.05) is 44.2 Å². The molecule has 1 N–H and O–H groups in total. The monoisotopic (exact) mass is 464 g/mol. The van der Waals surface area contributed by atoms with Gasteiger partial charge in [-0.05, 0) is 89.9 Å². The number of fused-ring (bicyclic) bond motifs is 5. The van der Waals surface area contributed by atoms with Crippen molar-refractivity contribution < 1.29 is 19.3 Å². The molecule has 3 saturated carbocycles. The lowest BCUT2D eigenvalue weighted by molar-refractivity contribution is -0.193. The highest BCUT2D eigenvalue weighted by atomic mass is 16.7. The summed E-state index contributed by atoms with van der Waals surface area (Å²) in [5.41, 5.74) is 4.05. The van der Waals surface area contributed by atoms with Crippen molar-refractivity contribution in [3.63, 3.8) is 0 Å². The lowest BCUT2D eigenvalue weighted by Crippen LogP contribution is -2.57. The van der Waals surface area contributed by atoms with Gasteiger partial charge in [0.15, 0.2) is 5.79 Å². The maximum absolute atomic E-state index is 11.8. The minimum absolute atomic E-state index is 0.0509. The van der Waals surface area contributed by atoms with Gasteiger partial charge in [-0.3, -0.25) is 0 Å². The second-order valence-electron chi connectivity index (χ2n) is 12.1. The van der Waals surface area contributed by atoms with E-state index in [0.29, 0.717) is 36.9 Å². The van der Waals surface area contributed by atoms with Crippen LogP contribution in [-0.4, -0.2) is 37.3 Å². The van der Waals surface area contributed by atoms with Gasteiger partial charge in [-0.2, -0.15) is 0 Å². The quantitative estimate of drug-likeness (QED) is 0.557. The van der Waals surface area contributed by atoms with Crippen molar-refractivity contribution in [2.24, 2.45) is 34.5 Å². The molecule has 0 unspecified atom stereocenters. The van der Waals surface area contributed by atoms with Gasteiger partial charge in [-0.15, -0.1) is 0 Å². The molecule has 4 fully saturated rings. The summed E-state index contributed by atoms with van der Waals surface area (Å²) in [6.45, 7) is 10.9. The number of rotatable bonds is 3. The SMILES string of the molecule is C=C(c1ccc(OC)cc1)[C@H]1CC[C@H]2[C@@H]3CC=C4CC5(CC[C@]4(C)[C@H]3[C@@H](O)C[C@]12C)OCCO5. The summed E-state index contributed by atoms with van der Waals surface area (Å²) in [6.07, 6.45) is 9.45. The number of allylic oxidation sites excluding steroid dienone is 2. The van der Waals surface area contributed by atoms with E-state index in [4.69, 9.17) is 14.2 Å². The predicted octanol–water partition coefficient (Wildman–Crippen LogP) is 6.00. The first-order valence-corrected chi connectivity index (χ1v) is 13.3. The average Bonchev–Trinajstić information content (AvgIpc) is 3.43. The third-order valence-corrected chi connectivity index (χ3v) is 10.7. The maximum atomic E-state index is 11.8. The highest BCUT2D eigenvalue weighted by molar-refractivity contribution is 5.67. The smallest absolute Gasteiger partial charge is 0.172 e. The Morgan fingerprint density at radius 2 is 1.82 bits per heavy atom. The molecule has 0 radical (unpaired) electrons. The molecule has 0 amide bonds. The molecule has 4 heteroatoms. The second-order valence-corrected chi connectivity index (χ2v) is 12.1. The standard InChI is InChI=1S/C30H40O4/c1-19(20-5-8-22(32-4)9-6-20)24-11-12-25-23-10-7-21-17-30(33-15-16-34-30)14-13-28(21,2)27(23)26(31)18-29(24,25)3/h5-9,23-27,31H,1,10-18H2,2-4H3/t23-,24+,25-,26-,27+,28-,29+/m0/s1. The number of hydrogen-bond acceptors (Lipinski definition) is 4. The highest BCUT2D eigenvalue weighted by Crippen LogP contribution is 2.68. The molecule has 4 aliphatic carbocycles. The van der Waals surface area contributed by atoms with Crippen LogP contribution < -0.4 is 4.74 Å². The zero-order chi connectivity index (χ0) is 23.7. The third kappa shape index (κ3) is 3.21. The van der Waals surface area contributed by atoms with Crippen molar-refractivity contribution in [1.29, 1.82) is 0 Å². The minimum Gasteiger partial charge on any atom is -0.497 e. The summed E-state index contributed by atoms with van der Waals surface area (Å²) in [6, 6.07) is 8.34. The van der Waals surface area contributed by atoms with Gasteiger partial charge >= 0.3 is 0 Å². The van der Waals surface area contributed by atoms with Crippen LogP contribution in [0.15, 0.2) is 42.5 Å². The maximum Gasteiger partial charge on any atom is 0.172 e. The van der Waals surface area contributed by atoms with E-state index >= 15 is 0 Å². The topological polar surface area (TPSA) is 47.9 Å². The fourth-order valence-corrected chi connectivity index (χ4v) is 9.06. The molecule has 184 valence electrons. The van der Waals surface area contributed by atoms with E-state index in [2.05, 4.69) is 38.6 Å². The Hall–Kier alpha value is -1.62. The number of methoxy groups -OCH3 is 1. The summed E-state index contributed by atoms with van der Waals surface area (Å²) in [5, 5.41) is 11.8. The van der Waals surface area contributed by atoms with E-state index in [1.54, 1.807) is 7.11 Å². The molecule has 1 heterocycles. The number of ether oxygens (including phenoxy) is 3. The molecule has 1 aromatic carbocycles. The molecule has 5 aliphatic rings. The molecule has 1 saturated heterocycles. The summed E-state index contributed by atoms with van der Waals surface area (Å²) in [5.74, 6) is 2.39. The number of aliphatic hydroxyl groups excluding tert-OH is 1. The van der Waals surface area contributed by atoms with Crippen LogP contribution in [0.5, 0.6) is 5.75 Å². The Morgan fingerprint density at radius 3 is 2.53 bits per heavy atom. The van der Waals surface area contributed by atoms with Crippen molar-refractivity contribution in [2.45, 2.75) is 70.7 Å². The van der Waals surface area contributed by atoms with Crippen LogP contribution in [0.1, 0.15) is 64.4 Å². The molecule has 1 spiro atoms. The second kappa shape index (κ2) is 7.94. The van der Waals surface area contributed by atoms with Gasteiger partial charge in [0, 0.05) is 12.8 Å². The highest BCUT2D eigenvalue weighted by Gasteiger charge is 2.63. The first-order chi connectivity index (χ1) is 16.3. The molecule has 7 atom stereocenters. The Morgan fingerprint density at radius 1 is 1.09 bits per heavy atom. The van der Waals surface area contributed by atoms with Crippen LogP contribution in [0.2, 0.25) is 0 Å². The lowest BCUT2D eigenvalue weighted by Gasteiger charge is -2.60. The van der Waals surface area contributed by atoms with Crippen LogP contribution in [0.4, 0.5) is 0 Å². The van der Waals surface area contributed by atoms with Crippen molar-refractivity contribution in [2.75, 3.05) is 20.3 Å². The molecule has 34 heavy (non-hydrogen) atoms. The fourth-order valence-electron chi connectivity index (χ4n) is 9.06. The minimum atomic E-state index is -0.402. The van der Waals surface area contributed by atoms with Crippen LogP contribution >= 0.6 is 0 Å². The van der Waals surface area contributed by atoms with Gasteiger partial charge in [0.05, 0.1) is 26.4 Å². The molecular formula is C30H40O4. The molecule has 1 aliphatic heterocycles. The fraction of sp³-hybridized carbons (Fsp3) is 0.667. The van der Waals surface area contributed by atoms with Crippen LogP contribution in [0.3, 0.4) is 0 Å². The van der Waals surface area contributed by atoms with E-state index in [0.717, 1.165) is 37.9 Å². The van der Waals surface area contributed by atoms with Crippen LogP contribution in [0.25, 0.3) is 5.57 Å². The Balaban J connectivity index is 1.28. The zero-order valence-electron chi connectivity index (χ0n) is 21.0. The molecule has 1 aromatic rings. The Bertz CT molecular complexity index is 990. The van der Waals surface area contributed by atoms with E-state index in [1.807, 2.05) is 12.1 Å². The summed E-state index contributed by atoms with van der Waals surface area (Å²) in [7, 11) is 1.71. The number of benzene rings is 1. The zero-order valence-corrected chi connectivity index (χ0v) is 21.0. The first kappa shape index (κ1) is 22.8. The van der Waals surface area contributed by atoms with Crippen LogP contribution in [-0.2, 0) is 9.47 Å². The summed E-state index contributed by atoms with van der Waals surface area (Å²) in [4.78, 5) is 0. The van der Waals surface area contributed by atoms with Crippen molar-refractivity contribution >= 4 is 5.57 Å². The lowest BCUT2D eigenvalue weighted by atomic mass is 9.46. The Labute approximate surface area is 204 Å². The van der Waals surface area contributed by atoms with Gasteiger partial charge in [-0.25, -0.2) is 0 Å². The van der Waals surface area contributed by atoms with Gasteiger partial charge < -0.3 is 19.3 Å². The molecule has 4 nitrogen and oxygen atoms in total. The van der Waals surface area contributed by atoms with Crippen LogP contribution in [0, 0.1) is 34.5 Å². The summed E-state index contributed by atoms with van der Waals surface area (Å²) < 4.78 is 17.5. The predicted molar refractivity (Wildman–Crippen MR) is 133 cm³/mol. The molecule has 0 aromatic heterocycles. The first-order valence-electron chi connectivity index (χ1n) is 13.3. The summed E-state index contributed by atoms with van der Waals surface area (Å²) >= 11 is 0. The van der Waals surface area contributed by atoms with E-state index < -0.39 is 5.79 Å². The van der Waals surface area contributed by atoms with Gasteiger partial charge in [0.25, 0.3) is 0 Å². The van der Waals surface area contributed by atoms with Crippen molar-refractivity contribution in [1.82, 2.24) is 0 Å². The van der Waals surface area contributed by atoms with Gasteiger partial charge in [0.2, 0.25) is 0 Å². The normalized spacial score (nSPS) is 42.5. The third-order valence-electron chi connectivity index (χ3n) is 10.7. The van der Waals surface area contributed by atoms with Crippen molar-refractivity contribution in [3.8, 4) is 5.75 Å². The Kier molecular flexibility index (Phi) is 5.33. The van der Waals surface area contributed by atoms with E-state index in [-0.39, 0.29) is 16.9 Å². The molecule has 6 rings (SSSR count). The number of hydrogen-bond donors (Lipinski definition) is 1. The number of aliphatic hydroxyl groups is 1. The van der Waals surface area contributed by atoms with Gasteiger partial charge in [0.1, 0.15) is 5.75 Å². The largest absolute Gasteiger partial charge is 0.497 e. The molecular weight excluding hydrogens is 424 g/mol.